The summed E-state index contributed by atoms with van der Waals surface area (Å²) in [5.41, 5.74) is 1.19. The highest BCUT2D eigenvalue weighted by Gasteiger charge is 2.16. The molecule has 1 aromatic carbocycles. The van der Waals surface area contributed by atoms with Crippen LogP contribution in [0, 0.1) is 0 Å². The summed E-state index contributed by atoms with van der Waals surface area (Å²) in [5.74, 6) is 0.985. The molecule has 1 atom stereocenters. The van der Waals surface area contributed by atoms with E-state index in [1.54, 1.807) is 0 Å². The maximum atomic E-state index is 5.69. The van der Waals surface area contributed by atoms with E-state index in [0.29, 0.717) is 12.6 Å². The minimum Gasteiger partial charge on any atom is -0.492 e. The summed E-state index contributed by atoms with van der Waals surface area (Å²) in [6.45, 7) is 4.95. The van der Waals surface area contributed by atoms with Crippen molar-refractivity contribution < 1.29 is 4.74 Å². The van der Waals surface area contributed by atoms with Crippen molar-refractivity contribution in [2.45, 2.75) is 32.2 Å². The lowest BCUT2D eigenvalue weighted by molar-refractivity contribution is 0.339. The molecule has 100 valence electrons. The number of hydrogen-bond acceptors (Lipinski definition) is 3. The first-order valence-corrected chi connectivity index (χ1v) is 6.97. The minimum absolute atomic E-state index is 0.610. The molecule has 1 saturated heterocycles. The molecule has 1 heterocycles. The average molecular weight is 248 g/mol. The second-order valence-electron chi connectivity index (χ2n) is 4.93. The summed E-state index contributed by atoms with van der Waals surface area (Å²) >= 11 is 0. The zero-order chi connectivity index (χ0) is 12.8. The van der Waals surface area contributed by atoms with Crippen LogP contribution >= 0.6 is 0 Å². The van der Waals surface area contributed by atoms with Crippen LogP contribution in [0.4, 0.5) is 5.69 Å². The maximum absolute atomic E-state index is 5.69. The summed E-state index contributed by atoms with van der Waals surface area (Å²) in [4.78, 5) is 2.30. The third-order valence-corrected chi connectivity index (χ3v) is 3.48. The SMILES string of the molecule is CCOc1ccccc1N(C)CC1CCCCN1. The molecule has 0 aromatic heterocycles. The number of benzene rings is 1. The lowest BCUT2D eigenvalue weighted by Crippen LogP contribution is -2.42. The molecule has 0 aliphatic carbocycles. The molecule has 0 amide bonds. The lowest BCUT2D eigenvalue weighted by atomic mass is 10.0. The highest BCUT2D eigenvalue weighted by Crippen LogP contribution is 2.27. The second kappa shape index (κ2) is 6.64. The summed E-state index contributed by atoms with van der Waals surface area (Å²) in [6, 6.07) is 8.89. The fourth-order valence-electron chi connectivity index (χ4n) is 2.56. The van der Waals surface area contributed by atoms with Crippen LogP contribution in [0.15, 0.2) is 24.3 Å². The predicted molar refractivity (Wildman–Crippen MR) is 76.5 cm³/mol. The van der Waals surface area contributed by atoms with E-state index in [-0.39, 0.29) is 0 Å². The number of nitrogens with zero attached hydrogens (tertiary/aromatic N) is 1. The van der Waals surface area contributed by atoms with Gasteiger partial charge in [0.15, 0.2) is 0 Å². The van der Waals surface area contributed by atoms with Gasteiger partial charge in [0.25, 0.3) is 0 Å². The van der Waals surface area contributed by atoms with E-state index < -0.39 is 0 Å². The van der Waals surface area contributed by atoms with Crippen LogP contribution in [0.1, 0.15) is 26.2 Å². The van der Waals surface area contributed by atoms with Gasteiger partial charge in [-0.3, -0.25) is 0 Å². The summed E-state index contributed by atoms with van der Waals surface area (Å²) in [5, 5.41) is 3.59. The summed E-state index contributed by atoms with van der Waals surface area (Å²) < 4.78 is 5.69. The standard InChI is InChI=1S/C15H24N2O/c1-3-18-15-10-5-4-9-14(15)17(2)12-13-8-6-7-11-16-13/h4-5,9-10,13,16H,3,6-8,11-12H2,1-2H3. The van der Waals surface area contributed by atoms with Gasteiger partial charge in [-0.1, -0.05) is 18.6 Å². The minimum atomic E-state index is 0.610. The van der Waals surface area contributed by atoms with Gasteiger partial charge >= 0.3 is 0 Å². The van der Waals surface area contributed by atoms with Crippen molar-refractivity contribution in [2.75, 3.05) is 31.6 Å². The number of para-hydroxylation sites is 2. The smallest absolute Gasteiger partial charge is 0.142 e. The van der Waals surface area contributed by atoms with E-state index in [1.165, 1.54) is 24.9 Å². The Morgan fingerprint density at radius 1 is 1.33 bits per heavy atom. The Hall–Kier alpha value is -1.22. The Bertz CT molecular complexity index is 361. The van der Waals surface area contributed by atoms with Gasteiger partial charge in [-0.25, -0.2) is 0 Å². The monoisotopic (exact) mass is 248 g/mol. The summed E-state index contributed by atoms with van der Waals surface area (Å²) in [7, 11) is 2.15. The van der Waals surface area contributed by atoms with Gasteiger partial charge in [-0.2, -0.15) is 0 Å². The number of piperidine rings is 1. The molecular formula is C15H24N2O. The Morgan fingerprint density at radius 2 is 2.17 bits per heavy atom. The van der Waals surface area contributed by atoms with Crippen LogP contribution in [-0.4, -0.2) is 32.8 Å². The Kier molecular flexibility index (Phi) is 4.88. The molecule has 1 unspecified atom stereocenters. The Balaban J connectivity index is 2.00. The number of likely N-dealkylation sites (N-methyl/N-ethyl adjacent to an activating group) is 1. The molecule has 3 heteroatoms. The zero-order valence-corrected chi connectivity index (χ0v) is 11.5. The molecule has 0 spiro atoms. The fourth-order valence-corrected chi connectivity index (χ4v) is 2.56. The van der Waals surface area contributed by atoms with Gasteiger partial charge in [-0.05, 0) is 38.4 Å². The topological polar surface area (TPSA) is 24.5 Å². The normalized spacial score (nSPS) is 19.6. The highest BCUT2D eigenvalue weighted by atomic mass is 16.5. The molecule has 1 aliphatic rings. The van der Waals surface area contributed by atoms with Crippen LogP contribution in [-0.2, 0) is 0 Å². The molecule has 1 N–H and O–H groups in total. The van der Waals surface area contributed by atoms with Crippen molar-refractivity contribution in [1.29, 1.82) is 0 Å². The van der Waals surface area contributed by atoms with Crippen LogP contribution in [0.25, 0.3) is 0 Å². The Morgan fingerprint density at radius 3 is 2.89 bits per heavy atom. The van der Waals surface area contributed by atoms with Crippen molar-refractivity contribution in [3.63, 3.8) is 0 Å². The van der Waals surface area contributed by atoms with E-state index in [2.05, 4.69) is 29.4 Å². The molecule has 2 rings (SSSR count). The van der Waals surface area contributed by atoms with Crippen molar-refractivity contribution in [2.24, 2.45) is 0 Å². The van der Waals surface area contributed by atoms with Crippen LogP contribution in [0.2, 0.25) is 0 Å². The third kappa shape index (κ3) is 3.39. The van der Waals surface area contributed by atoms with Gasteiger partial charge in [0.1, 0.15) is 5.75 Å². The van der Waals surface area contributed by atoms with Crippen LogP contribution < -0.4 is 15.0 Å². The van der Waals surface area contributed by atoms with Crippen molar-refractivity contribution in [3.8, 4) is 5.75 Å². The number of rotatable bonds is 5. The quantitative estimate of drug-likeness (QED) is 0.867. The fraction of sp³-hybridized carbons (Fsp3) is 0.600. The Labute approximate surface area is 110 Å². The molecule has 0 radical (unpaired) electrons. The zero-order valence-electron chi connectivity index (χ0n) is 11.5. The van der Waals surface area contributed by atoms with E-state index >= 15 is 0 Å². The van der Waals surface area contributed by atoms with E-state index in [9.17, 15) is 0 Å². The molecule has 0 bridgehead atoms. The second-order valence-corrected chi connectivity index (χ2v) is 4.93. The highest BCUT2D eigenvalue weighted by molar-refractivity contribution is 5.58. The molecule has 18 heavy (non-hydrogen) atoms. The summed E-state index contributed by atoms with van der Waals surface area (Å²) in [6.07, 6.45) is 3.94. The van der Waals surface area contributed by atoms with E-state index in [0.717, 1.165) is 18.8 Å². The van der Waals surface area contributed by atoms with E-state index in [4.69, 9.17) is 4.74 Å². The average Bonchev–Trinajstić information content (AvgIpc) is 2.41. The van der Waals surface area contributed by atoms with Crippen molar-refractivity contribution >= 4 is 5.69 Å². The molecule has 1 aliphatic heterocycles. The number of nitrogens with one attached hydrogen (secondary N) is 1. The molecule has 0 saturated carbocycles. The molecule has 3 nitrogen and oxygen atoms in total. The van der Waals surface area contributed by atoms with Gasteiger partial charge in [-0.15, -0.1) is 0 Å². The van der Waals surface area contributed by atoms with Crippen molar-refractivity contribution in [3.05, 3.63) is 24.3 Å². The first-order valence-electron chi connectivity index (χ1n) is 6.97. The van der Waals surface area contributed by atoms with E-state index in [1.807, 2.05) is 19.1 Å². The molecule has 1 fully saturated rings. The molecular weight excluding hydrogens is 224 g/mol. The van der Waals surface area contributed by atoms with Crippen LogP contribution in [0.5, 0.6) is 5.75 Å². The third-order valence-electron chi connectivity index (χ3n) is 3.48. The molecule has 1 aromatic rings. The van der Waals surface area contributed by atoms with Gasteiger partial charge in [0.2, 0.25) is 0 Å². The van der Waals surface area contributed by atoms with Crippen LogP contribution in [0.3, 0.4) is 0 Å². The van der Waals surface area contributed by atoms with Crippen molar-refractivity contribution in [1.82, 2.24) is 5.32 Å². The van der Waals surface area contributed by atoms with Gasteiger partial charge in [0.05, 0.1) is 12.3 Å². The first-order chi connectivity index (χ1) is 8.81. The maximum Gasteiger partial charge on any atom is 0.142 e. The first kappa shape index (κ1) is 13.2. The lowest BCUT2D eigenvalue weighted by Gasteiger charge is -2.30. The van der Waals surface area contributed by atoms with Gasteiger partial charge in [0, 0.05) is 19.6 Å². The number of anilines is 1. The van der Waals surface area contributed by atoms with Gasteiger partial charge < -0.3 is 15.0 Å². The largest absolute Gasteiger partial charge is 0.492 e. The predicted octanol–water partition coefficient (Wildman–Crippen LogP) is 2.66. The number of hydrogen-bond donors (Lipinski definition) is 1. The number of ether oxygens (including phenoxy) is 1.